The SMILES string of the molecule is CCc1nc([C@H]2CN(C(=O)c3cc(C)on3)CCO2)n[nH]1. The van der Waals surface area contributed by atoms with Crippen LogP contribution in [0.1, 0.15) is 40.9 Å². The van der Waals surface area contributed by atoms with Gasteiger partial charge in [-0.2, -0.15) is 5.10 Å². The van der Waals surface area contributed by atoms with Crippen molar-refractivity contribution >= 4 is 5.91 Å². The van der Waals surface area contributed by atoms with Crippen LogP contribution in [0.15, 0.2) is 10.6 Å². The van der Waals surface area contributed by atoms with Gasteiger partial charge in [0.05, 0.1) is 13.2 Å². The van der Waals surface area contributed by atoms with Crippen LogP contribution in [0.5, 0.6) is 0 Å². The summed E-state index contributed by atoms with van der Waals surface area (Å²) >= 11 is 0. The Labute approximate surface area is 121 Å². The van der Waals surface area contributed by atoms with Crippen molar-refractivity contribution in [1.29, 1.82) is 0 Å². The van der Waals surface area contributed by atoms with Crippen molar-refractivity contribution in [3.05, 3.63) is 29.2 Å². The summed E-state index contributed by atoms with van der Waals surface area (Å²) < 4.78 is 10.6. The molecule has 1 aliphatic rings. The van der Waals surface area contributed by atoms with E-state index in [1.165, 1.54) is 0 Å². The molecule has 1 N–H and O–H groups in total. The molecule has 8 heteroatoms. The predicted octanol–water partition coefficient (Wildman–Crippen LogP) is 0.877. The number of H-pyrrole nitrogens is 1. The van der Waals surface area contributed by atoms with E-state index in [1.807, 2.05) is 6.92 Å². The molecule has 21 heavy (non-hydrogen) atoms. The third-order valence-electron chi connectivity index (χ3n) is 3.37. The minimum Gasteiger partial charge on any atom is -0.366 e. The third kappa shape index (κ3) is 2.80. The van der Waals surface area contributed by atoms with Crippen LogP contribution in [0.3, 0.4) is 0 Å². The summed E-state index contributed by atoms with van der Waals surface area (Å²) in [5.74, 6) is 1.85. The molecule has 3 heterocycles. The number of amides is 1. The zero-order chi connectivity index (χ0) is 14.8. The molecule has 0 spiro atoms. The first-order chi connectivity index (χ1) is 10.2. The molecule has 8 nitrogen and oxygen atoms in total. The minimum atomic E-state index is -0.313. The minimum absolute atomic E-state index is 0.161. The molecule has 0 aliphatic carbocycles. The summed E-state index contributed by atoms with van der Waals surface area (Å²) in [5.41, 5.74) is 0.317. The second kappa shape index (κ2) is 5.65. The maximum absolute atomic E-state index is 12.4. The van der Waals surface area contributed by atoms with E-state index in [0.717, 1.165) is 12.2 Å². The first-order valence-corrected chi connectivity index (χ1v) is 6.92. The molecule has 3 rings (SSSR count). The van der Waals surface area contributed by atoms with Crippen LogP contribution >= 0.6 is 0 Å². The highest BCUT2D eigenvalue weighted by atomic mass is 16.5. The van der Waals surface area contributed by atoms with Gasteiger partial charge < -0.3 is 14.2 Å². The first-order valence-electron chi connectivity index (χ1n) is 6.92. The lowest BCUT2D eigenvalue weighted by Gasteiger charge is -2.31. The van der Waals surface area contributed by atoms with Crippen molar-refractivity contribution in [2.24, 2.45) is 0 Å². The number of nitrogens with one attached hydrogen (secondary N) is 1. The molecule has 0 bridgehead atoms. The van der Waals surface area contributed by atoms with Gasteiger partial charge >= 0.3 is 0 Å². The Morgan fingerprint density at radius 3 is 3.10 bits per heavy atom. The number of hydrogen-bond donors (Lipinski definition) is 1. The lowest BCUT2D eigenvalue weighted by Crippen LogP contribution is -2.42. The summed E-state index contributed by atoms with van der Waals surface area (Å²) in [4.78, 5) is 18.4. The second-order valence-electron chi connectivity index (χ2n) is 4.93. The number of morpholine rings is 1. The molecule has 0 aromatic carbocycles. The van der Waals surface area contributed by atoms with Crippen LogP contribution in [0.4, 0.5) is 0 Å². The van der Waals surface area contributed by atoms with E-state index < -0.39 is 0 Å². The standard InChI is InChI=1S/C13H17N5O3/c1-3-11-14-12(16-15-11)10-7-18(4-5-20-10)13(19)9-6-8(2)21-17-9/h6,10H,3-5,7H2,1-2H3,(H,14,15,16)/t10-/m1/s1. The first kappa shape index (κ1) is 13.7. The van der Waals surface area contributed by atoms with E-state index in [1.54, 1.807) is 17.9 Å². The fourth-order valence-electron chi connectivity index (χ4n) is 2.23. The largest absolute Gasteiger partial charge is 0.366 e. The van der Waals surface area contributed by atoms with Gasteiger partial charge in [0.2, 0.25) is 0 Å². The lowest BCUT2D eigenvalue weighted by molar-refractivity contribution is -0.0269. The molecule has 112 valence electrons. The third-order valence-corrected chi connectivity index (χ3v) is 3.37. The van der Waals surface area contributed by atoms with Gasteiger partial charge in [0.25, 0.3) is 5.91 Å². The van der Waals surface area contributed by atoms with E-state index in [-0.39, 0.29) is 12.0 Å². The number of carbonyl (C=O) groups is 1. The van der Waals surface area contributed by atoms with Crippen molar-refractivity contribution in [2.75, 3.05) is 19.7 Å². The number of nitrogens with zero attached hydrogens (tertiary/aromatic N) is 4. The van der Waals surface area contributed by atoms with E-state index in [9.17, 15) is 4.79 Å². The molecule has 2 aromatic heterocycles. The number of ether oxygens (including phenoxy) is 1. The summed E-state index contributed by atoms with van der Waals surface area (Å²) in [6.07, 6.45) is 0.466. The average molecular weight is 291 g/mol. The Balaban J connectivity index is 1.72. The predicted molar refractivity (Wildman–Crippen MR) is 71.6 cm³/mol. The number of rotatable bonds is 3. The van der Waals surface area contributed by atoms with Gasteiger partial charge in [0.1, 0.15) is 17.7 Å². The molecule has 1 saturated heterocycles. The van der Waals surface area contributed by atoms with Crippen molar-refractivity contribution in [3.63, 3.8) is 0 Å². The number of aromatic nitrogens is 4. The van der Waals surface area contributed by atoms with Crippen LogP contribution < -0.4 is 0 Å². The Kier molecular flexibility index (Phi) is 3.70. The fraction of sp³-hybridized carbons (Fsp3) is 0.538. The van der Waals surface area contributed by atoms with Gasteiger partial charge in [0, 0.05) is 19.0 Å². The Hall–Kier alpha value is -2.22. The number of aromatic amines is 1. The van der Waals surface area contributed by atoms with Crippen LogP contribution in [-0.2, 0) is 11.2 Å². The molecule has 1 atom stereocenters. The topological polar surface area (TPSA) is 97.1 Å². The van der Waals surface area contributed by atoms with Gasteiger partial charge in [0.15, 0.2) is 11.5 Å². The Morgan fingerprint density at radius 2 is 2.43 bits per heavy atom. The monoisotopic (exact) mass is 291 g/mol. The van der Waals surface area contributed by atoms with Gasteiger partial charge in [-0.25, -0.2) is 4.98 Å². The Morgan fingerprint density at radius 1 is 1.57 bits per heavy atom. The Bertz CT molecular complexity index is 635. The maximum atomic E-state index is 12.4. The summed E-state index contributed by atoms with van der Waals surface area (Å²) in [5, 5.41) is 10.8. The quantitative estimate of drug-likeness (QED) is 0.901. The van der Waals surface area contributed by atoms with Crippen molar-refractivity contribution in [2.45, 2.75) is 26.4 Å². The van der Waals surface area contributed by atoms with Gasteiger partial charge in [-0.1, -0.05) is 12.1 Å². The highest BCUT2D eigenvalue weighted by Crippen LogP contribution is 2.20. The number of carbonyl (C=O) groups excluding carboxylic acids is 1. The summed E-state index contributed by atoms with van der Waals surface area (Å²) in [6, 6.07) is 1.63. The average Bonchev–Trinajstić information content (AvgIpc) is 3.15. The molecule has 1 fully saturated rings. The molecule has 0 unspecified atom stereocenters. The van der Waals surface area contributed by atoms with Crippen LogP contribution in [-0.4, -0.2) is 50.8 Å². The maximum Gasteiger partial charge on any atom is 0.276 e. The molecule has 2 aromatic rings. The lowest BCUT2D eigenvalue weighted by atomic mass is 10.2. The fourth-order valence-corrected chi connectivity index (χ4v) is 2.23. The molecular weight excluding hydrogens is 274 g/mol. The summed E-state index contributed by atoms with van der Waals surface area (Å²) in [7, 11) is 0. The highest BCUT2D eigenvalue weighted by molar-refractivity contribution is 5.92. The smallest absolute Gasteiger partial charge is 0.276 e. The van der Waals surface area contributed by atoms with Gasteiger partial charge in [-0.3, -0.25) is 9.89 Å². The molecule has 1 amide bonds. The zero-order valence-electron chi connectivity index (χ0n) is 12.0. The molecule has 1 aliphatic heterocycles. The molecular formula is C13H17N5O3. The number of aryl methyl sites for hydroxylation is 2. The normalized spacial score (nSPS) is 19.0. The van der Waals surface area contributed by atoms with Crippen molar-refractivity contribution in [1.82, 2.24) is 25.2 Å². The molecule has 0 saturated carbocycles. The van der Waals surface area contributed by atoms with E-state index in [2.05, 4.69) is 20.3 Å². The van der Waals surface area contributed by atoms with Crippen LogP contribution in [0.2, 0.25) is 0 Å². The van der Waals surface area contributed by atoms with E-state index in [0.29, 0.717) is 37.0 Å². The van der Waals surface area contributed by atoms with Crippen LogP contribution in [0.25, 0.3) is 0 Å². The molecule has 0 radical (unpaired) electrons. The van der Waals surface area contributed by atoms with Gasteiger partial charge in [-0.05, 0) is 6.92 Å². The van der Waals surface area contributed by atoms with E-state index >= 15 is 0 Å². The van der Waals surface area contributed by atoms with Crippen molar-refractivity contribution < 1.29 is 14.1 Å². The van der Waals surface area contributed by atoms with Crippen LogP contribution in [0, 0.1) is 6.92 Å². The highest BCUT2D eigenvalue weighted by Gasteiger charge is 2.29. The van der Waals surface area contributed by atoms with Gasteiger partial charge in [-0.15, -0.1) is 0 Å². The zero-order valence-corrected chi connectivity index (χ0v) is 12.0. The van der Waals surface area contributed by atoms with Crippen molar-refractivity contribution in [3.8, 4) is 0 Å². The summed E-state index contributed by atoms with van der Waals surface area (Å²) in [6.45, 7) is 5.13. The van der Waals surface area contributed by atoms with E-state index in [4.69, 9.17) is 9.26 Å². The second-order valence-corrected chi connectivity index (χ2v) is 4.93. The number of hydrogen-bond acceptors (Lipinski definition) is 6.